The third kappa shape index (κ3) is 4.52. The highest BCUT2D eigenvalue weighted by Gasteiger charge is 2.26. The predicted molar refractivity (Wildman–Crippen MR) is 85.8 cm³/mol. The first kappa shape index (κ1) is 16.9. The van der Waals surface area contributed by atoms with Gasteiger partial charge in [0.15, 0.2) is 0 Å². The van der Waals surface area contributed by atoms with Gasteiger partial charge in [0.2, 0.25) is 5.91 Å². The topological polar surface area (TPSA) is 58.4 Å². The summed E-state index contributed by atoms with van der Waals surface area (Å²) in [6.07, 6.45) is 3.66. The summed E-state index contributed by atoms with van der Waals surface area (Å²) in [7, 11) is 3.85. The van der Waals surface area contributed by atoms with E-state index < -0.39 is 0 Å². The second-order valence-electron chi connectivity index (χ2n) is 6.40. The van der Waals surface area contributed by atoms with Gasteiger partial charge in [0, 0.05) is 19.0 Å². The lowest BCUT2D eigenvalue weighted by molar-refractivity contribution is -0.122. The molecule has 1 aliphatic carbocycles. The molecule has 1 aliphatic rings. The lowest BCUT2D eigenvalue weighted by Gasteiger charge is -2.25. The predicted octanol–water partition coefficient (Wildman–Crippen LogP) is 2.06. The van der Waals surface area contributed by atoms with Crippen LogP contribution in [-0.4, -0.2) is 37.5 Å². The summed E-state index contributed by atoms with van der Waals surface area (Å²) >= 11 is 0. The third-order valence-electron chi connectivity index (χ3n) is 4.51. The molecule has 1 unspecified atom stereocenters. The number of hydrogen-bond donors (Lipinski definition) is 2. The maximum Gasteiger partial charge on any atom is 0.220 e. The Morgan fingerprint density at radius 2 is 2.23 bits per heavy atom. The van der Waals surface area contributed by atoms with Gasteiger partial charge in [0.25, 0.3) is 0 Å². The van der Waals surface area contributed by atoms with Gasteiger partial charge in [-0.2, -0.15) is 0 Å². The smallest absolute Gasteiger partial charge is 0.220 e. The van der Waals surface area contributed by atoms with Gasteiger partial charge in [0.05, 0.1) is 6.04 Å². The molecule has 0 radical (unpaired) electrons. The first-order valence-corrected chi connectivity index (χ1v) is 7.91. The number of carbonyl (C=O) groups excluding carboxylic acids is 1. The monoisotopic (exact) mass is 307 g/mol. The molecule has 4 nitrogen and oxygen atoms in total. The Hall–Kier alpha value is -1.46. The summed E-state index contributed by atoms with van der Waals surface area (Å²) < 4.78 is 13.4. The highest BCUT2D eigenvalue weighted by Crippen LogP contribution is 2.26. The SMILES string of the molecule is CN(C)C(CNC(=O)C[C@@H]1CCC[C@H]1N)c1cccc(F)c1. The summed E-state index contributed by atoms with van der Waals surface area (Å²) in [5, 5.41) is 2.97. The van der Waals surface area contributed by atoms with Gasteiger partial charge in [0.1, 0.15) is 5.82 Å². The molecule has 5 heteroatoms. The highest BCUT2D eigenvalue weighted by molar-refractivity contribution is 5.76. The number of carbonyl (C=O) groups is 1. The summed E-state index contributed by atoms with van der Waals surface area (Å²) in [6.45, 7) is 0.469. The lowest BCUT2D eigenvalue weighted by Crippen LogP contribution is -2.36. The second kappa shape index (κ2) is 7.70. The molecule has 0 spiro atoms. The van der Waals surface area contributed by atoms with Crippen molar-refractivity contribution in [3.63, 3.8) is 0 Å². The molecule has 1 aromatic rings. The fourth-order valence-electron chi connectivity index (χ4n) is 3.15. The van der Waals surface area contributed by atoms with Crippen molar-refractivity contribution < 1.29 is 9.18 Å². The normalized spacial score (nSPS) is 22.8. The largest absolute Gasteiger partial charge is 0.354 e. The van der Waals surface area contributed by atoms with Crippen molar-refractivity contribution in [3.8, 4) is 0 Å². The molecule has 2 rings (SSSR count). The molecule has 0 bridgehead atoms. The van der Waals surface area contributed by atoms with Crippen LogP contribution in [0.5, 0.6) is 0 Å². The van der Waals surface area contributed by atoms with Gasteiger partial charge >= 0.3 is 0 Å². The summed E-state index contributed by atoms with van der Waals surface area (Å²) in [5.74, 6) is 0.0742. The Balaban J connectivity index is 1.90. The first-order valence-electron chi connectivity index (χ1n) is 7.91. The Bertz CT molecular complexity index is 506. The van der Waals surface area contributed by atoms with Crippen LogP contribution in [0.3, 0.4) is 0 Å². The van der Waals surface area contributed by atoms with Crippen LogP contribution in [0.1, 0.15) is 37.3 Å². The first-order chi connectivity index (χ1) is 10.5. The second-order valence-corrected chi connectivity index (χ2v) is 6.40. The van der Waals surface area contributed by atoms with Gasteiger partial charge in [-0.25, -0.2) is 4.39 Å². The van der Waals surface area contributed by atoms with Crippen molar-refractivity contribution in [3.05, 3.63) is 35.6 Å². The molecular formula is C17H26FN3O. The molecule has 3 N–H and O–H groups in total. The highest BCUT2D eigenvalue weighted by atomic mass is 19.1. The minimum absolute atomic E-state index is 0.0330. The molecule has 22 heavy (non-hydrogen) atoms. The molecule has 3 atom stereocenters. The van der Waals surface area contributed by atoms with Crippen molar-refractivity contribution in [2.75, 3.05) is 20.6 Å². The van der Waals surface area contributed by atoms with Crippen LogP contribution in [0.25, 0.3) is 0 Å². The summed E-state index contributed by atoms with van der Waals surface area (Å²) in [4.78, 5) is 14.1. The van der Waals surface area contributed by atoms with Crippen LogP contribution in [-0.2, 0) is 4.79 Å². The van der Waals surface area contributed by atoms with Crippen LogP contribution < -0.4 is 11.1 Å². The lowest BCUT2D eigenvalue weighted by atomic mass is 9.99. The van der Waals surface area contributed by atoms with Crippen LogP contribution in [0.15, 0.2) is 24.3 Å². The average molecular weight is 307 g/mol. The van der Waals surface area contributed by atoms with Crippen molar-refractivity contribution >= 4 is 5.91 Å². The van der Waals surface area contributed by atoms with Gasteiger partial charge in [-0.05, 0) is 50.6 Å². The Morgan fingerprint density at radius 3 is 2.82 bits per heavy atom. The van der Waals surface area contributed by atoms with E-state index in [-0.39, 0.29) is 23.8 Å². The summed E-state index contributed by atoms with van der Waals surface area (Å²) in [6, 6.07) is 6.63. The van der Waals surface area contributed by atoms with E-state index in [1.165, 1.54) is 12.1 Å². The van der Waals surface area contributed by atoms with E-state index >= 15 is 0 Å². The van der Waals surface area contributed by atoms with E-state index in [9.17, 15) is 9.18 Å². The Morgan fingerprint density at radius 1 is 1.45 bits per heavy atom. The number of nitrogens with zero attached hydrogens (tertiary/aromatic N) is 1. The van der Waals surface area contributed by atoms with E-state index in [0.717, 1.165) is 24.8 Å². The van der Waals surface area contributed by atoms with Crippen molar-refractivity contribution in [2.45, 2.75) is 37.8 Å². The minimum Gasteiger partial charge on any atom is -0.354 e. The Kier molecular flexibility index (Phi) is 5.91. The molecule has 1 aromatic carbocycles. The molecule has 0 heterocycles. The van der Waals surface area contributed by atoms with Crippen molar-refractivity contribution in [1.29, 1.82) is 0 Å². The maximum absolute atomic E-state index is 13.4. The average Bonchev–Trinajstić information content (AvgIpc) is 2.84. The molecule has 122 valence electrons. The zero-order valence-electron chi connectivity index (χ0n) is 13.4. The maximum atomic E-state index is 13.4. The van der Waals surface area contributed by atoms with Gasteiger partial charge in [-0.3, -0.25) is 4.79 Å². The van der Waals surface area contributed by atoms with Crippen LogP contribution in [0, 0.1) is 11.7 Å². The van der Waals surface area contributed by atoms with E-state index in [1.807, 2.05) is 25.1 Å². The van der Waals surface area contributed by atoms with Crippen LogP contribution in [0.2, 0.25) is 0 Å². The van der Waals surface area contributed by atoms with Gasteiger partial charge < -0.3 is 16.0 Å². The van der Waals surface area contributed by atoms with Crippen LogP contribution in [0.4, 0.5) is 4.39 Å². The van der Waals surface area contributed by atoms with Gasteiger partial charge in [-0.1, -0.05) is 18.6 Å². The molecule has 1 fully saturated rings. The molecule has 0 aliphatic heterocycles. The Labute approximate surface area is 131 Å². The van der Waals surface area contributed by atoms with E-state index in [1.54, 1.807) is 6.07 Å². The number of likely N-dealkylation sites (N-methyl/N-ethyl adjacent to an activating group) is 1. The molecule has 1 saturated carbocycles. The molecule has 1 amide bonds. The van der Waals surface area contributed by atoms with Crippen molar-refractivity contribution in [2.24, 2.45) is 11.7 Å². The fourth-order valence-corrected chi connectivity index (χ4v) is 3.15. The van der Waals surface area contributed by atoms with E-state index in [4.69, 9.17) is 5.73 Å². The third-order valence-corrected chi connectivity index (χ3v) is 4.51. The molecular weight excluding hydrogens is 281 g/mol. The van der Waals surface area contributed by atoms with E-state index in [2.05, 4.69) is 5.32 Å². The fraction of sp³-hybridized carbons (Fsp3) is 0.588. The zero-order chi connectivity index (χ0) is 16.1. The standard InChI is InChI=1S/C17H26FN3O/c1-21(2)16(13-6-3-7-14(18)9-13)11-20-17(22)10-12-5-4-8-15(12)19/h3,6-7,9,12,15-16H,4-5,8,10-11,19H2,1-2H3,(H,20,22)/t12-,15+,16?/m0/s1. The number of amides is 1. The molecule has 0 saturated heterocycles. The summed E-state index contributed by atoms with van der Waals surface area (Å²) in [5.41, 5.74) is 6.87. The minimum atomic E-state index is -0.257. The van der Waals surface area contributed by atoms with E-state index in [0.29, 0.717) is 18.9 Å². The number of nitrogens with two attached hydrogens (primary N) is 1. The number of rotatable bonds is 6. The zero-order valence-corrected chi connectivity index (χ0v) is 13.4. The quantitative estimate of drug-likeness (QED) is 0.846. The van der Waals surface area contributed by atoms with Crippen molar-refractivity contribution in [1.82, 2.24) is 10.2 Å². The number of benzene rings is 1. The van der Waals surface area contributed by atoms with Crippen LogP contribution >= 0.6 is 0 Å². The number of nitrogens with one attached hydrogen (secondary N) is 1. The molecule has 0 aromatic heterocycles. The number of halogens is 1. The van der Waals surface area contributed by atoms with Gasteiger partial charge in [-0.15, -0.1) is 0 Å². The number of hydrogen-bond acceptors (Lipinski definition) is 3.